The standard InChI is InChI=1S/C18H23ClN6O2/c1-8-6-22-12(9(2)15(8)27-3)5-10-4-11(7-23-18(21)26)13-14(10)24-17(20)25-16(13)19/h6,10-11H,4-5,7H2,1-3H3,(H2,20,24,25)(H3,21,23,26)/t10?,11-/m1/s1. The third kappa shape index (κ3) is 3.75. The van der Waals surface area contributed by atoms with E-state index in [1.54, 1.807) is 7.11 Å². The number of nitrogens with one attached hydrogen (secondary N) is 1. The number of aryl methyl sites for hydroxylation is 1. The van der Waals surface area contributed by atoms with E-state index < -0.39 is 6.03 Å². The van der Waals surface area contributed by atoms with E-state index >= 15 is 0 Å². The lowest BCUT2D eigenvalue weighted by Crippen LogP contribution is -2.32. The smallest absolute Gasteiger partial charge is 0.312 e. The fourth-order valence-electron chi connectivity index (χ4n) is 3.84. The van der Waals surface area contributed by atoms with Crippen molar-refractivity contribution < 1.29 is 9.53 Å². The lowest BCUT2D eigenvalue weighted by atomic mass is 9.95. The van der Waals surface area contributed by atoms with Crippen molar-refractivity contribution in [2.75, 3.05) is 19.4 Å². The molecule has 0 fully saturated rings. The Hall–Kier alpha value is -2.61. The van der Waals surface area contributed by atoms with E-state index in [1.807, 2.05) is 20.0 Å². The van der Waals surface area contributed by atoms with Gasteiger partial charge in [-0.05, 0) is 26.7 Å². The van der Waals surface area contributed by atoms with Crippen molar-refractivity contribution in [3.63, 3.8) is 0 Å². The SMILES string of the molecule is COc1c(C)cnc(CC2C[C@H](CNC(N)=O)c3c(Cl)nc(N)nc32)c1C. The summed E-state index contributed by atoms with van der Waals surface area (Å²) in [6, 6.07) is -0.576. The third-order valence-corrected chi connectivity index (χ3v) is 5.31. The van der Waals surface area contributed by atoms with E-state index in [2.05, 4.69) is 20.3 Å². The number of hydrogen-bond acceptors (Lipinski definition) is 6. The number of methoxy groups -OCH3 is 1. The van der Waals surface area contributed by atoms with Gasteiger partial charge in [0.1, 0.15) is 10.9 Å². The maximum atomic E-state index is 11.1. The number of primary amides is 1. The van der Waals surface area contributed by atoms with Gasteiger partial charge in [0.05, 0.1) is 12.8 Å². The van der Waals surface area contributed by atoms with E-state index in [9.17, 15) is 4.79 Å². The highest BCUT2D eigenvalue weighted by Gasteiger charge is 2.36. The molecule has 0 aromatic carbocycles. The number of amides is 2. The zero-order chi connectivity index (χ0) is 19.7. The fraction of sp³-hybridized carbons (Fsp3) is 0.444. The molecule has 0 saturated heterocycles. The summed E-state index contributed by atoms with van der Waals surface area (Å²) in [7, 11) is 1.66. The van der Waals surface area contributed by atoms with Crippen molar-refractivity contribution in [2.24, 2.45) is 5.73 Å². The monoisotopic (exact) mass is 390 g/mol. The number of ether oxygens (including phenoxy) is 1. The van der Waals surface area contributed by atoms with Crippen LogP contribution in [-0.2, 0) is 6.42 Å². The number of hydrogen-bond donors (Lipinski definition) is 3. The topological polar surface area (TPSA) is 129 Å². The maximum Gasteiger partial charge on any atom is 0.312 e. The van der Waals surface area contributed by atoms with Crippen LogP contribution < -0.4 is 21.5 Å². The fourth-order valence-corrected chi connectivity index (χ4v) is 4.17. The minimum absolute atomic E-state index is 0.0294. The molecule has 2 atom stereocenters. The molecule has 3 rings (SSSR count). The van der Waals surface area contributed by atoms with Crippen molar-refractivity contribution in [1.29, 1.82) is 0 Å². The normalized spacial score (nSPS) is 18.2. The number of nitrogens with zero attached hydrogens (tertiary/aromatic N) is 3. The number of urea groups is 1. The summed E-state index contributed by atoms with van der Waals surface area (Å²) < 4.78 is 5.51. The first-order valence-electron chi connectivity index (χ1n) is 8.67. The van der Waals surface area contributed by atoms with Crippen LogP contribution in [0, 0.1) is 13.8 Å². The van der Waals surface area contributed by atoms with E-state index in [0.717, 1.165) is 40.2 Å². The molecule has 2 aromatic heterocycles. The summed E-state index contributed by atoms with van der Waals surface area (Å²) in [5.74, 6) is 1.00. The van der Waals surface area contributed by atoms with E-state index in [1.165, 1.54) is 0 Å². The summed E-state index contributed by atoms with van der Waals surface area (Å²) in [6.07, 6.45) is 3.21. The first kappa shape index (κ1) is 19.2. The van der Waals surface area contributed by atoms with Gasteiger partial charge in [-0.25, -0.2) is 14.8 Å². The Bertz CT molecular complexity index is 889. The highest BCUT2D eigenvalue weighted by molar-refractivity contribution is 6.30. The van der Waals surface area contributed by atoms with Crippen LogP contribution in [0.25, 0.3) is 0 Å². The predicted molar refractivity (Wildman–Crippen MR) is 103 cm³/mol. The zero-order valence-corrected chi connectivity index (χ0v) is 16.3. The summed E-state index contributed by atoms with van der Waals surface area (Å²) in [5.41, 5.74) is 15.6. The van der Waals surface area contributed by atoms with Crippen LogP contribution in [0.15, 0.2) is 6.20 Å². The van der Waals surface area contributed by atoms with Crippen LogP contribution in [0.5, 0.6) is 5.75 Å². The summed E-state index contributed by atoms with van der Waals surface area (Å²) in [5, 5.41) is 2.97. The minimum atomic E-state index is -0.576. The highest BCUT2D eigenvalue weighted by Crippen LogP contribution is 2.45. The van der Waals surface area contributed by atoms with Gasteiger partial charge in [-0.1, -0.05) is 11.6 Å². The Kier molecular flexibility index (Phi) is 5.36. The van der Waals surface area contributed by atoms with Crippen LogP contribution in [0.1, 0.15) is 46.3 Å². The molecule has 2 amide bonds. The number of pyridine rings is 1. The van der Waals surface area contributed by atoms with Crippen molar-refractivity contribution in [2.45, 2.75) is 38.5 Å². The van der Waals surface area contributed by atoms with Gasteiger partial charge in [-0.15, -0.1) is 0 Å². The second-order valence-corrected chi connectivity index (χ2v) is 7.15. The molecule has 0 spiro atoms. The van der Waals surface area contributed by atoms with Crippen LogP contribution in [0.4, 0.5) is 10.7 Å². The molecule has 5 N–H and O–H groups in total. The van der Waals surface area contributed by atoms with Gasteiger partial charge in [0.15, 0.2) is 0 Å². The maximum absolute atomic E-state index is 11.1. The second kappa shape index (κ2) is 7.56. The van der Waals surface area contributed by atoms with Crippen LogP contribution in [0.3, 0.4) is 0 Å². The Morgan fingerprint density at radius 3 is 2.78 bits per heavy atom. The molecule has 0 saturated carbocycles. The molecule has 1 aliphatic rings. The Morgan fingerprint density at radius 2 is 2.11 bits per heavy atom. The van der Waals surface area contributed by atoms with Crippen molar-refractivity contribution in [3.05, 3.63) is 39.4 Å². The molecule has 8 nitrogen and oxygen atoms in total. The van der Waals surface area contributed by atoms with Gasteiger partial charge in [0.25, 0.3) is 0 Å². The van der Waals surface area contributed by atoms with Gasteiger partial charge >= 0.3 is 6.03 Å². The zero-order valence-electron chi connectivity index (χ0n) is 15.5. The number of nitrogen functional groups attached to an aromatic ring is 1. The number of anilines is 1. The van der Waals surface area contributed by atoms with E-state index in [0.29, 0.717) is 18.1 Å². The molecule has 1 aliphatic carbocycles. The summed E-state index contributed by atoms with van der Waals surface area (Å²) >= 11 is 6.34. The van der Waals surface area contributed by atoms with Gasteiger partial charge in [-0.2, -0.15) is 0 Å². The van der Waals surface area contributed by atoms with Crippen molar-refractivity contribution >= 4 is 23.6 Å². The minimum Gasteiger partial charge on any atom is -0.496 e. The van der Waals surface area contributed by atoms with Gasteiger partial charge in [-0.3, -0.25) is 4.98 Å². The Balaban J connectivity index is 1.95. The summed E-state index contributed by atoms with van der Waals surface area (Å²) in [4.78, 5) is 24.2. The van der Waals surface area contributed by atoms with Crippen molar-refractivity contribution in [1.82, 2.24) is 20.3 Å². The molecule has 0 radical (unpaired) electrons. The predicted octanol–water partition coefficient (Wildman–Crippen LogP) is 2.21. The Morgan fingerprint density at radius 1 is 1.37 bits per heavy atom. The van der Waals surface area contributed by atoms with E-state index in [4.69, 9.17) is 27.8 Å². The van der Waals surface area contributed by atoms with Gasteiger partial charge in [0, 0.05) is 47.0 Å². The highest BCUT2D eigenvalue weighted by atomic mass is 35.5. The molecular formula is C18H23ClN6O2. The number of nitrogens with two attached hydrogens (primary N) is 2. The van der Waals surface area contributed by atoms with Gasteiger partial charge < -0.3 is 21.5 Å². The van der Waals surface area contributed by atoms with Crippen molar-refractivity contribution in [3.8, 4) is 5.75 Å². The number of rotatable bonds is 5. The van der Waals surface area contributed by atoms with Crippen LogP contribution in [-0.4, -0.2) is 34.6 Å². The number of carbonyl (C=O) groups is 1. The lowest BCUT2D eigenvalue weighted by molar-refractivity contribution is 0.248. The average molecular weight is 391 g/mol. The molecular weight excluding hydrogens is 368 g/mol. The van der Waals surface area contributed by atoms with Gasteiger partial charge in [0.2, 0.25) is 5.95 Å². The second-order valence-electron chi connectivity index (χ2n) is 6.80. The summed E-state index contributed by atoms with van der Waals surface area (Å²) in [6.45, 7) is 4.33. The molecule has 0 aliphatic heterocycles. The van der Waals surface area contributed by atoms with E-state index in [-0.39, 0.29) is 17.8 Å². The lowest BCUT2D eigenvalue weighted by Gasteiger charge is -2.16. The third-order valence-electron chi connectivity index (χ3n) is 5.02. The average Bonchev–Trinajstić information content (AvgIpc) is 2.94. The molecule has 144 valence electrons. The first-order valence-corrected chi connectivity index (χ1v) is 9.04. The quantitative estimate of drug-likeness (QED) is 0.671. The number of aromatic nitrogens is 3. The van der Waals surface area contributed by atoms with Crippen LogP contribution in [0.2, 0.25) is 5.15 Å². The first-order chi connectivity index (χ1) is 12.8. The number of halogens is 1. The number of carbonyl (C=O) groups excluding carboxylic acids is 1. The molecule has 9 heteroatoms. The Labute approximate surface area is 162 Å². The molecule has 27 heavy (non-hydrogen) atoms. The molecule has 2 heterocycles. The molecule has 2 aromatic rings. The molecule has 0 bridgehead atoms. The molecule has 1 unspecified atom stereocenters. The number of fused-ring (bicyclic) bond motifs is 1. The van der Waals surface area contributed by atoms with Crippen LogP contribution >= 0.6 is 11.6 Å². The largest absolute Gasteiger partial charge is 0.496 e.